The highest BCUT2D eigenvalue weighted by Gasteiger charge is 2.28. The van der Waals surface area contributed by atoms with Crippen LogP contribution in [-0.4, -0.2) is 37.7 Å². The Morgan fingerprint density at radius 3 is 2.35 bits per heavy atom. The first-order chi connectivity index (χ1) is 12.5. The van der Waals surface area contributed by atoms with E-state index in [-0.39, 0.29) is 25.2 Å². The third kappa shape index (κ3) is 6.24. The van der Waals surface area contributed by atoms with Gasteiger partial charge in [0.1, 0.15) is 11.5 Å². The van der Waals surface area contributed by atoms with Crippen LogP contribution in [0.15, 0.2) is 24.3 Å². The number of nitrogens with one attached hydrogen (secondary N) is 1. The minimum absolute atomic E-state index is 0.157. The molecule has 0 aromatic heterocycles. The lowest BCUT2D eigenvalue weighted by Crippen LogP contribution is -2.45. The third-order valence-corrected chi connectivity index (χ3v) is 4.91. The van der Waals surface area contributed by atoms with Crippen LogP contribution in [0.3, 0.4) is 0 Å². The molecule has 0 radical (unpaired) electrons. The summed E-state index contributed by atoms with van der Waals surface area (Å²) in [5, 5.41) is 2.98. The summed E-state index contributed by atoms with van der Waals surface area (Å²) in [5.41, 5.74) is 0. The number of amides is 1. The highest BCUT2D eigenvalue weighted by Crippen LogP contribution is 2.29. The van der Waals surface area contributed by atoms with Gasteiger partial charge in [-0.1, -0.05) is 26.7 Å². The molecule has 1 amide bonds. The molecule has 6 nitrogen and oxygen atoms in total. The molecule has 1 aliphatic rings. The third-order valence-electron chi connectivity index (χ3n) is 4.91. The number of carbonyl (C=O) groups is 2. The second kappa shape index (κ2) is 10.0. The molecule has 1 aromatic rings. The van der Waals surface area contributed by atoms with Crippen LogP contribution in [0.2, 0.25) is 0 Å². The highest BCUT2D eigenvalue weighted by atomic mass is 16.6. The van der Waals surface area contributed by atoms with Gasteiger partial charge in [-0.25, -0.2) is 4.79 Å². The maximum absolute atomic E-state index is 12.0. The van der Waals surface area contributed by atoms with Gasteiger partial charge < -0.3 is 19.5 Å². The second-order valence-corrected chi connectivity index (χ2v) is 6.80. The van der Waals surface area contributed by atoms with Gasteiger partial charge in [0.2, 0.25) is 0 Å². The summed E-state index contributed by atoms with van der Waals surface area (Å²) in [6.45, 7) is 6.35. The van der Waals surface area contributed by atoms with E-state index in [1.54, 1.807) is 24.3 Å². The van der Waals surface area contributed by atoms with E-state index < -0.39 is 5.97 Å². The average Bonchev–Trinajstić information content (AvgIpc) is 2.63. The van der Waals surface area contributed by atoms with Crippen molar-refractivity contribution < 1.29 is 23.8 Å². The van der Waals surface area contributed by atoms with Crippen molar-refractivity contribution in [2.75, 3.05) is 19.8 Å². The van der Waals surface area contributed by atoms with Crippen LogP contribution < -0.4 is 14.8 Å². The largest absolute Gasteiger partial charge is 0.494 e. The zero-order chi connectivity index (χ0) is 18.9. The van der Waals surface area contributed by atoms with Crippen molar-refractivity contribution in [3.63, 3.8) is 0 Å². The molecule has 1 aromatic carbocycles. The van der Waals surface area contributed by atoms with E-state index in [9.17, 15) is 9.59 Å². The van der Waals surface area contributed by atoms with Crippen LogP contribution in [0, 0.1) is 11.8 Å². The van der Waals surface area contributed by atoms with Gasteiger partial charge in [-0.05, 0) is 49.4 Å². The molecule has 1 N–H and O–H groups in total. The monoisotopic (exact) mass is 363 g/mol. The van der Waals surface area contributed by atoms with Crippen molar-refractivity contribution in [2.45, 2.75) is 46.1 Å². The quantitative estimate of drug-likeness (QED) is 0.719. The van der Waals surface area contributed by atoms with Crippen molar-refractivity contribution in [1.82, 2.24) is 5.32 Å². The molecule has 1 aliphatic carbocycles. The predicted molar refractivity (Wildman–Crippen MR) is 98.2 cm³/mol. The number of carbonyl (C=O) groups excluding carboxylic acids is 2. The molecule has 26 heavy (non-hydrogen) atoms. The Morgan fingerprint density at radius 1 is 1.04 bits per heavy atom. The summed E-state index contributed by atoms with van der Waals surface area (Å²) in [4.78, 5) is 23.7. The fourth-order valence-electron chi connectivity index (χ4n) is 3.16. The molecule has 1 fully saturated rings. The first-order valence-electron chi connectivity index (χ1n) is 9.30. The molecule has 0 bridgehead atoms. The van der Waals surface area contributed by atoms with E-state index in [4.69, 9.17) is 14.2 Å². The average molecular weight is 363 g/mol. The van der Waals surface area contributed by atoms with Gasteiger partial charge in [-0.15, -0.1) is 0 Å². The van der Waals surface area contributed by atoms with Gasteiger partial charge in [-0.3, -0.25) is 4.79 Å². The summed E-state index contributed by atoms with van der Waals surface area (Å²) in [5.74, 6) is 1.49. The van der Waals surface area contributed by atoms with Gasteiger partial charge in [0.25, 0.3) is 5.91 Å². The van der Waals surface area contributed by atoms with E-state index in [1.165, 1.54) is 6.42 Å². The van der Waals surface area contributed by atoms with Crippen LogP contribution in [0.1, 0.15) is 40.0 Å². The van der Waals surface area contributed by atoms with Gasteiger partial charge in [-0.2, -0.15) is 0 Å². The number of benzene rings is 1. The van der Waals surface area contributed by atoms with E-state index >= 15 is 0 Å². The Labute approximate surface area is 155 Å². The van der Waals surface area contributed by atoms with Crippen LogP contribution in [0.25, 0.3) is 0 Å². The standard InChI is InChI=1S/C20H29NO5/c1-4-24-16-8-10-17(11-9-16)25-13-20(23)26-12-19(22)21-18-7-5-6-14(2)15(18)3/h8-11,14-15,18H,4-7,12-13H2,1-3H3,(H,21,22)/t14-,15+,18-/m1/s1. The molecular weight excluding hydrogens is 334 g/mol. The lowest BCUT2D eigenvalue weighted by atomic mass is 9.78. The minimum Gasteiger partial charge on any atom is -0.494 e. The maximum atomic E-state index is 12.0. The Kier molecular flexibility index (Phi) is 7.75. The molecule has 1 saturated carbocycles. The predicted octanol–water partition coefficient (Wildman–Crippen LogP) is 2.95. The fourth-order valence-corrected chi connectivity index (χ4v) is 3.16. The van der Waals surface area contributed by atoms with Gasteiger partial charge >= 0.3 is 5.97 Å². The molecule has 2 rings (SSSR count). The fraction of sp³-hybridized carbons (Fsp3) is 0.600. The molecule has 3 atom stereocenters. The number of ether oxygens (including phenoxy) is 3. The van der Waals surface area contributed by atoms with Crippen LogP contribution in [-0.2, 0) is 14.3 Å². The number of hydrogen-bond acceptors (Lipinski definition) is 5. The number of hydrogen-bond donors (Lipinski definition) is 1. The minimum atomic E-state index is -0.570. The van der Waals surface area contributed by atoms with Crippen molar-refractivity contribution >= 4 is 11.9 Å². The molecule has 0 aliphatic heterocycles. The first-order valence-corrected chi connectivity index (χ1v) is 9.30. The zero-order valence-corrected chi connectivity index (χ0v) is 15.8. The van der Waals surface area contributed by atoms with Gasteiger partial charge in [0.05, 0.1) is 6.61 Å². The summed E-state index contributed by atoms with van der Waals surface area (Å²) < 4.78 is 15.7. The molecular formula is C20H29NO5. The van der Waals surface area contributed by atoms with E-state index in [0.29, 0.717) is 24.2 Å². The molecule has 144 valence electrons. The molecule has 6 heteroatoms. The van der Waals surface area contributed by atoms with Crippen LogP contribution in [0.5, 0.6) is 11.5 Å². The first kappa shape index (κ1) is 20.1. The van der Waals surface area contributed by atoms with Crippen molar-refractivity contribution in [3.05, 3.63) is 24.3 Å². The highest BCUT2D eigenvalue weighted by molar-refractivity contribution is 5.81. The Balaban J connectivity index is 1.67. The SMILES string of the molecule is CCOc1ccc(OCC(=O)OCC(=O)N[C@@H]2CCC[C@@H](C)[C@@H]2C)cc1. The molecule has 0 unspecified atom stereocenters. The smallest absolute Gasteiger partial charge is 0.344 e. The number of esters is 1. The van der Waals surface area contributed by atoms with E-state index in [2.05, 4.69) is 19.2 Å². The Bertz CT molecular complexity index is 586. The summed E-state index contributed by atoms with van der Waals surface area (Å²) in [7, 11) is 0. The maximum Gasteiger partial charge on any atom is 0.344 e. The van der Waals surface area contributed by atoms with E-state index in [1.807, 2.05) is 6.92 Å². The van der Waals surface area contributed by atoms with Crippen molar-refractivity contribution in [1.29, 1.82) is 0 Å². The van der Waals surface area contributed by atoms with Gasteiger partial charge in [0, 0.05) is 6.04 Å². The topological polar surface area (TPSA) is 73.9 Å². The lowest BCUT2D eigenvalue weighted by Gasteiger charge is -2.34. The zero-order valence-electron chi connectivity index (χ0n) is 15.8. The Morgan fingerprint density at radius 2 is 1.69 bits per heavy atom. The van der Waals surface area contributed by atoms with Gasteiger partial charge in [0.15, 0.2) is 13.2 Å². The number of rotatable bonds is 8. The van der Waals surface area contributed by atoms with Crippen LogP contribution in [0.4, 0.5) is 0 Å². The normalized spacial score (nSPS) is 22.3. The van der Waals surface area contributed by atoms with E-state index in [0.717, 1.165) is 18.6 Å². The second-order valence-electron chi connectivity index (χ2n) is 6.80. The summed E-state index contributed by atoms with van der Waals surface area (Å²) in [6.07, 6.45) is 3.30. The van der Waals surface area contributed by atoms with Crippen molar-refractivity contribution in [2.24, 2.45) is 11.8 Å². The molecule has 0 saturated heterocycles. The Hall–Kier alpha value is -2.24. The van der Waals surface area contributed by atoms with Crippen molar-refractivity contribution in [3.8, 4) is 11.5 Å². The lowest BCUT2D eigenvalue weighted by molar-refractivity contribution is -0.150. The molecule has 0 spiro atoms. The van der Waals surface area contributed by atoms with Crippen LogP contribution >= 0.6 is 0 Å². The summed E-state index contributed by atoms with van der Waals surface area (Å²) >= 11 is 0. The summed E-state index contributed by atoms with van der Waals surface area (Å²) in [6, 6.07) is 7.13. The molecule has 0 heterocycles.